The van der Waals surface area contributed by atoms with Crippen molar-refractivity contribution < 1.29 is 49.6 Å². The summed E-state index contributed by atoms with van der Waals surface area (Å²) in [4.78, 5) is 11.8. The first kappa shape index (κ1) is 28.0. The average molecular weight is 553 g/mol. The number of ether oxygens (including phenoxy) is 3. The topological polar surface area (TPSA) is 166 Å². The van der Waals surface area contributed by atoms with Gasteiger partial charge >= 0.3 is 5.97 Å². The Kier molecular flexibility index (Phi) is 6.61. The lowest BCUT2D eigenvalue weighted by atomic mass is 9.41. The Hall–Kier alpha value is -1.11. The second kappa shape index (κ2) is 9.19. The van der Waals surface area contributed by atoms with Crippen LogP contribution in [0.25, 0.3) is 0 Å². The Bertz CT molecular complexity index is 1030. The molecule has 14 atom stereocenters. The van der Waals surface area contributed by atoms with Crippen LogP contribution in [0, 0.1) is 28.6 Å². The van der Waals surface area contributed by atoms with E-state index in [2.05, 4.69) is 0 Å². The van der Waals surface area contributed by atoms with Crippen molar-refractivity contribution in [3.63, 3.8) is 0 Å². The van der Waals surface area contributed by atoms with Gasteiger partial charge in [0.2, 0.25) is 0 Å². The Morgan fingerprint density at radius 2 is 1.67 bits per heavy atom. The molecule has 0 spiro atoms. The fourth-order valence-corrected chi connectivity index (χ4v) is 9.89. The molecule has 0 amide bonds. The fraction of sp³-hybridized carbons (Fsp3) is 0.897. The van der Waals surface area contributed by atoms with Crippen LogP contribution < -0.4 is 0 Å². The molecule has 0 aromatic heterocycles. The lowest BCUT2D eigenvalue weighted by Gasteiger charge is -2.67. The van der Waals surface area contributed by atoms with Crippen LogP contribution in [0.2, 0.25) is 0 Å². The standard InChI is InChI=1S/C29H44O10/c1-14-22(32)23(33)24(34)25(38-14)39-16-4-7-26(2)21-18(5-8-28(26,35)11-16)29(36)9-6-17(15-10-20(31)37-13-15)27(29,3)12-19(21)30/h10,14,16-19,21-25,30,32-36H,4-9,11-13H2,1-3H3/t14-,16+,17+,18+,19-,21-,22-,23+,24-,25+,26-,27+,28-,29-/m0/s1. The van der Waals surface area contributed by atoms with E-state index >= 15 is 0 Å². The molecule has 4 saturated carbocycles. The first-order valence-corrected chi connectivity index (χ1v) is 14.6. The minimum Gasteiger partial charge on any atom is -0.458 e. The number of hydrogen-bond donors (Lipinski definition) is 6. The number of carbonyl (C=O) groups is 1. The molecule has 220 valence electrons. The highest BCUT2D eigenvalue weighted by Gasteiger charge is 2.72. The molecule has 10 nitrogen and oxygen atoms in total. The highest BCUT2D eigenvalue weighted by atomic mass is 16.7. The lowest BCUT2D eigenvalue weighted by Crippen LogP contribution is -2.71. The number of aliphatic hydroxyl groups excluding tert-OH is 4. The Labute approximate surface area is 229 Å². The van der Waals surface area contributed by atoms with Crippen molar-refractivity contribution in [3.05, 3.63) is 11.6 Å². The number of cyclic esters (lactones) is 1. The van der Waals surface area contributed by atoms with Gasteiger partial charge in [-0.25, -0.2) is 4.79 Å². The van der Waals surface area contributed by atoms with Crippen LogP contribution >= 0.6 is 0 Å². The quantitative estimate of drug-likeness (QED) is 0.215. The van der Waals surface area contributed by atoms with Gasteiger partial charge in [0, 0.05) is 23.3 Å². The maximum Gasteiger partial charge on any atom is 0.331 e. The molecule has 10 heteroatoms. The third-order valence-corrected chi connectivity index (χ3v) is 12.2. The molecule has 2 heterocycles. The van der Waals surface area contributed by atoms with Crippen molar-refractivity contribution in [2.45, 2.75) is 126 Å². The van der Waals surface area contributed by atoms with Crippen LogP contribution in [0.1, 0.15) is 72.1 Å². The SMILES string of the molecule is C[C@@H]1O[C@H](O[C@@H]2CC[C@@]3(C)[C@H]4[C@@H](CC[C@]3(O)C2)[C@@]2(O)CC[C@H](C3=CC(=O)OC3)[C@@]2(C)C[C@@H]4O)[C@@H](O)[C@H](O)[C@H]1O. The van der Waals surface area contributed by atoms with Gasteiger partial charge in [0.1, 0.15) is 24.9 Å². The molecule has 5 fully saturated rings. The number of carbonyl (C=O) groups excluding carboxylic acids is 1. The second-order valence-electron chi connectivity index (χ2n) is 13.8. The summed E-state index contributed by atoms with van der Waals surface area (Å²) < 4.78 is 16.9. The van der Waals surface area contributed by atoms with Gasteiger partial charge in [0.15, 0.2) is 6.29 Å². The number of fused-ring (bicyclic) bond motifs is 5. The summed E-state index contributed by atoms with van der Waals surface area (Å²) in [5, 5.41) is 66.9. The van der Waals surface area contributed by atoms with E-state index in [1.807, 2.05) is 13.8 Å². The summed E-state index contributed by atoms with van der Waals surface area (Å²) in [5.74, 6) is -0.893. The average Bonchev–Trinajstić information content (AvgIpc) is 3.41. The van der Waals surface area contributed by atoms with Gasteiger partial charge in [-0.05, 0) is 75.2 Å². The first-order chi connectivity index (χ1) is 18.2. The zero-order valence-corrected chi connectivity index (χ0v) is 23.0. The highest BCUT2D eigenvalue weighted by Crippen LogP contribution is 2.70. The first-order valence-electron chi connectivity index (χ1n) is 14.6. The smallest absolute Gasteiger partial charge is 0.331 e. The van der Waals surface area contributed by atoms with Crippen LogP contribution in [0.3, 0.4) is 0 Å². The van der Waals surface area contributed by atoms with Crippen molar-refractivity contribution in [1.29, 1.82) is 0 Å². The predicted molar refractivity (Wildman–Crippen MR) is 136 cm³/mol. The molecule has 6 aliphatic rings. The minimum absolute atomic E-state index is 0.0412. The molecule has 39 heavy (non-hydrogen) atoms. The van der Waals surface area contributed by atoms with Gasteiger partial charge in [-0.1, -0.05) is 13.8 Å². The molecule has 6 rings (SSSR count). The van der Waals surface area contributed by atoms with Crippen molar-refractivity contribution in [2.24, 2.45) is 28.6 Å². The summed E-state index contributed by atoms with van der Waals surface area (Å²) in [6.07, 6.45) is -1.39. The van der Waals surface area contributed by atoms with Gasteiger partial charge in [0.25, 0.3) is 0 Å². The zero-order chi connectivity index (χ0) is 28.1. The normalized spacial score (nSPS) is 57.3. The monoisotopic (exact) mass is 552 g/mol. The molecule has 0 aromatic carbocycles. The number of rotatable bonds is 3. The van der Waals surface area contributed by atoms with Crippen LogP contribution in [-0.4, -0.2) is 97.3 Å². The zero-order valence-electron chi connectivity index (χ0n) is 23.0. The Morgan fingerprint density at radius 1 is 0.923 bits per heavy atom. The lowest BCUT2D eigenvalue weighted by molar-refractivity contribution is -0.323. The molecule has 2 aliphatic heterocycles. The van der Waals surface area contributed by atoms with Gasteiger partial charge in [0.05, 0.1) is 29.5 Å². The number of hydrogen-bond acceptors (Lipinski definition) is 10. The van der Waals surface area contributed by atoms with E-state index < -0.39 is 64.9 Å². The molecular formula is C29H44O10. The molecule has 0 bridgehead atoms. The molecule has 0 aromatic rings. The van der Waals surface area contributed by atoms with E-state index in [0.29, 0.717) is 38.5 Å². The highest BCUT2D eigenvalue weighted by molar-refractivity contribution is 5.85. The third-order valence-electron chi connectivity index (χ3n) is 12.2. The molecular weight excluding hydrogens is 508 g/mol. The molecule has 4 aliphatic carbocycles. The summed E-state index contributed by atoms with van der Waals surface area (Å²) in [6, 6.07) is 0. The van der Waals surface area contributed by atoms with Gasteiger partial charge in [-0.15, -0.1) is 0 Å². The van der Waals surface area contributed by atoms with Crippen LogP contribution in [0.4, 0.5) is 0 Å². The Morgan fingerprint density at radius 3 is 2.36 bits per heavy atom. The van der Waals surface area contributed by atoms with Crippen molar-refractivity contribution >= 4 is 5.97 Å². The third kappa shape index (κ3) is 3.86. The summed E-state index contributed by atoms with van der Waals surface area (Å²) >= 11 is 0. The van der Waals surface area contributed by atoms with Gasteiger partial charge < -0.3 is 44.8 Å². The van der Waals surface area contributed by atoms with E-state index in [4.69, 9.17) is 14.2 Å². The van der Waals surface area contributed by atoms with Crippen molar-refractivity contribution in [2.75, 3.05) is 6.61 Å². The molecule has 0 unspecified atom stereocenters. The number of aliphatic hydroxyl groups is 6. The van der Waals surface area contributed by atoms with E-state index in [0.717, 1.165) is 12.0 Å². The van der Waals surface area contributed by atoms with Crippen LogP contribution in [0.5, 0.6) is 0 Å². The van der Waals surface area contributed by atoms with Crippen LogP contribution in [0.15, 0.2) is 11.6 Å². The number of esters is 1. The second-order valence-corrected chi connectivity index (χ2v) is 13.8. The van der Waals surface area contributed by atoms with Crippen LogP contribution in [-0.2, 0) is 19.0 Å². The van der Waals surface area contributed by atoms with Crippen molar-refractivity contribution in [3.8, 4) is 0 Å². The summed E-state index contributed by atoms with van der Waals surface area (Å²) in [6.45, 7) is 5.92. The minimum atomic E-state index is -1.41. The summed E-state index contributed by atoms with van der Waals surface area (Å²) in [5.41, 5.74) is -2.54. The molecule has 0 radical (unpaired) electrons. The maximum absolute atomic E-state index is 12.4. The largest absolute Gasteiger partial charge is 0.458 e. The molecule has 6 N–H and O–H groups in total. The van der Waals surface area contributed by atoms with E-state index in [-0.39, 0.29) is 36.8 Å². The fourth-order valence-electron chi connectivity index (χ4n) is 9.89. The summed E-state index contributed by atoms with van der Waals surface area (Å²) in [7, 11) is 0. The predicted octanol–water partition coefficient (Wildman–Crippen LogP) is 0.542. The van der Waals surface area contributed by atoms with E-state index in [1.165, 1.54) is 0 Å². The van der Waals surface area contributed by atoms with Gasteiger partial charge in [-0.3, -0.25) is 0 Å². The van der Waals surface area contributed by atoms with E-state index in [1.54, 1.807) is 13.0 Å². The Balaban J connectivity index is 1.22. The molecule has 1 saturated heterocycles. The van der Waals surface area contributed by atoms with E-state index in [9.17, 15) is 35.4 Å². The van der Waals surface area contributed by atoms with Crippen molar-refractivity contribution in [1.82, 2.24) is 0 Å². The maximum atomic E-state index is 12.4. The van der Waals surface area contributed by atoms with Gasteiger partial charge in [-0.2, -0.15) is 0 Å².